The zero-order valence-electron chi connectivity index (χ0n) is 15.3. The van der Waals surface area contributed by atoms with E-state index in [4.69, 9.17) is 4.74 Å². The molecule has 0 saturated heterocycles. The number of rotatable bonds is 10. The quantitative estimate of drug-likeness (QED) is 0.673. The maximum Gasteiger partial charge on any atom is 0.261 e. The molecule has 0 saturated carbocycles. The Hall–Kier alpha value is -1.55. The van der Waals surface area contributed by atoms with E-state index in [2.05, 4.69) is 37.1 Å². The van der Waals surface area contributed by atoms with Crippen LogP contribution in [0.25, 0.3) is 0 Å². The van der Waals surface area contributed by atoms with Gasteiger partial charge in [0.2, 0.25) is 0 Å². The molecule has 1 aromatic rings. The van der Waals surface area contributed by atoms with E-state index in [9.17, 15) is 4.79 Å². The Kier molecular flexibility index (Phi) is 8.70. The first kappa shape index (κ1) is 19.5. The van der Waals surface area contributed by atoms with Gasteiger partial charge in [0.15, 0.2) is 6.10 Å². The topological polar surface area (TPSA) is 41.6 Å². The summed E-state index contributed by atoms with van der Waals surface area (Å²) in [6, 6.07) is 6.03. The summed E-state index contributed by atoms with van der Waals surface area (Å²) in [5.41, 5.74) is 2.27. The number of carbonyl (C=O) groups is 1. The van der Waals surface area contributed by atoms with Crippen molar-refractivity contribution in [1.82, 2.24) is 10.2 Å². The van der Waals surface area contributed by atoms with Crippen molar-refractivity contribution in [3.05, 3.63) is 29.3 Å². The fourth-order valence-corrected chi connectivity index (χ4v) is 2.57. The van der Waals surface area contributed by atoms with Gasteiger partial charge in [0.05, 0.1) is 0 Å². The molecule has 23 heavy (non-hydrogen) atoms. The van der Waals surface area contributed by atoms with Gasteiger partial charge in [-0.2, -0.15) is 0 Å². The van der Waals surface area contributed by atoms with Crippen molar-refractivity contribution in [1.29, 1.82) is 0 Å². The van der Waals surface area contributed by atoms with Crippen molar-refractivity contribution >= 4 is 5.91 Å². The summed E-state index contributed by atoms with van der Waals surface area (Å²) < 4.78 is 5.91. The highest BCUT2D eigenvalue weighted by atomic mass is 16.5. The minimum absolute atomic E-state index is 0.0213. The summed E-state index contributed by atoms with van der Waals surface area (Å²) in [4.78, 5) is 14.6. The standard InChI is InChI=1S/C19H32N2O2/c1-6-17(23-18-11-10-15(4)14-16(18)5)19(22)20-12-9-13-21(7-2)8-3/h10-11,14,17H,6-9,12-13H2,1-5H3,(H,20,22). The van der Waals surface area contributed by atoms with Gasteiger partial charge in [-0.1, -0.05) is 38.5 Å². The van der Waals surface area contributed by atoms with Crippen LogP contribution in [0.1, 0.15) is 44.7 Å². The Morgan fingerprint density at radius 2 is 1.91 bits per heavy atom. The molecule has 1 N–H and O–H groups in total. The molecule has 0 heterocycles. The number of aryl methyl sites for hydroxylation is 2. The molecule has 130 valence electrons. The maximum absolute atomic E-state index is 12.3. The number of nitrogens with one attached hydrogen (secondary N) is 1. The minimum atomic E-state index is -0.426. The molecule has 1 aromatic carbocycles. The van der Waals surface area contributed by atoms with E-state index in [1.165, 1.54) is 5.56 Å². The SMILES string of the molecule is CCC(Oc1ccc(C)cc1C)C(=O)NCCCN(CC)CC. The molecule has 1 rings (SSSR count). The highest BCUT2D eigenvalue weighted by Crippen LogP contribution is 2.20. The van der Waals surface area contributed by atoms with Crippen LogP contribution in [0, 0.1) is 13.8 Å². The second-order valence-electron chi connectivity index (χ2n) is 5.96. The molecule has 0 aliphatic carbocycles. The summed E-state index contributed by atoms with van der Waals surface area (Å²) in [5, 5.41) is 3.00. The fraction of sp³-hybridized carbons (Fsp3) is 0.632. The van der Waals surface area contributed by atoms with Gasteiger partial charge >= 0.3 is 0 Å². The van der Waals surface area contributed by atoms with Crippen LogP contribution in [0.3, 0.4) is 0 Å². The van der Waals surface area contributed by atoms with Crippen molar-refractivity contribution in [2.75, 3.05) is 26.2 Å². The summed E-state index contributed by atoms with van der Waals surface area (Å²) >= 11 is 0. The first-order chi connectivity index (χ1) is 11.0. The molecule has 0 aliphatic heterocycles. The summed E-state index contributed by atoms with van der Waals surface area (Å²) in [6.45, 7) is 14.2. The van der Waals surface area contributed by atoms with Crippen LogP contribution in [-0.2, 0) is 4.79 Å². The molecule has 1 unspecified atom stereocenters. The van der Waals surface area contributed by atoms with Gasteiger partial charge in [-0.3, -0.25) is 4.79 Å². The summed E-state index contributed by atoms with van der Waals surface area (Å²) in [5.74, 6) is 0.771. The van der Waals surface area contributed by atoms with Crippen molar-refractivity contribution in [2.24, 2.45) is 0 Å². The Morgan fingerprint density at radius 3 is 2.48 bits per heavy atom. The third kappa shape index (κ3) is 6.61. The number of hydrogen-bond donors (Lipinski definition) is 1. The second-order valence-corrected chi connectivity index (χ2v) is 5.96. The van der Waals surface area contributed by atoms with Crippen LogP contribution in [0.4, 0.5) is 0 Å². The van der Waals surface area contributed by atoms with Crippen LogP contribution in [-0.4, -0.2) is 43.1 Å². The first-order valence-corrected chi connectivity index (χ1v) is 8.75. The van der Waals surface area contributed by atoms with Crippen LogP contribution in [0.15, 0.2) is 18.2 Å². The van der Waals surface area contributed by atoms with Gasteiger partial charge in [0.1, 0.15) is 5.75 Å². The molecule has 0 aliphatic rings. The Morgan fingerprint density at radius 1 is 1.22 bits per heavy atom. The van der Waals surface area contributed by atoms with E-state index >= 15 is 0 Å². The monoisotopic (exact) mass is 320 g/mol. The molecule has 0 aromatic heterocycles. The minimum Gasteiger partial charge on any atom is -0.480 e. The van der Waals surface area contributed by atoms with E-state index in [0.717, 1.165) is 37.4 Å². The average Bonchev–Trinajstić information content (AvgIpc) is 2.54. The van der Waals surface area contributed by atoms with Gasteiger partial charge in [-0.15, -0.1) is 0 Å². The second kappa shape index (κ2) is 10.3. The average molecular weight is 320 g/mol. The maximum atomic E-state index is 12.3. The van der Waals surface area contributed by atoms with E-state index in [1.54, 1.807) is 0 Å². The molecular formula is C19H32N2O2. The van der Waals surface area contributed by atoms with Gasteiger partial charge in [-0.25, -0.2) is 0 Å². The number of benzene rings is 1. The Labute approximate surface area is 141 Å². The van der Waals surface area contributed by atoms with Crippen molar-refractivity contribution in [2.45, 2.75) is 53.6 Å². The molecule has 1 amide bonds. The highest BCUT2D eigenvalue weighted by molar-refractivity contribution is 5.81. The number of carbonyl (C=O) groups excluding carboxylic acids is 1. The van der Waals surface area contributed by atoms with E-state index in [0.29, 0.717) is 13.0 Å². The van der Waals surface area contributed by atoms with Gasteiger partial charge in [0, 0.05) is 6.54 Å². The van der Waals surface area contributed by atoms with Crippen molar-refractivity contribution < 1.29 is 9.53 Å². The lowest BCUT2D eigenvalue weighted by Gasteiger charge is -2.20. The molecule has 0 bridgehead atoms. The number of ether oxygens (including phenoxy) is 1. The predicted molar refractivity (Wildman–Crippen MR) is 96.0 cm³/mol. The molecular weight excluding hydrogens is 288 g/mol. The third-order valence-corrected chi connectivity index (χ3v) is 4.11. The number of hydrogen-bond acceptors (Lipinski definition) is 3. The van der Waals surface area contributed by atoms with E-state index in [-0.39, 0.29) is 5.91 Å². The molecule has 4 heteroatoms. The normalized spacial score (nSPS) is 12.3. The van der Waals surface area contributed by atoms with Gasteiger partial charge in [0.25, 0.3) is 5.91 Å². The lowest BCUT2D eigenvalue weighted by molar-refractivity contribution is -0.128. The first-order valence-electron chi connectivity index (χ1n) is 8.75. The molecule has 1 atom stereocenters. The van der Waals surface area contributed by atoms with Gasteiger partial charge in [-0.05, 0) is 58.0 Å². The van der Waals surface area contributed by atoms with Crippen molar-refractivity contribution in [3.63, 3.8) is 0 Å². The Bertz CT molecular complexity index is 484. The Balaban J connectivity index is 2.46. The zero-order valence-corrected chi connectivity index (χ0v) is 15.3. The molecule has 0 fully saturated rings. The largest absolute Gasteiger partial charge is 0.480 e. The highest BCUT2D eigenvalue weighted by Gasteiger charge is 2.18. The van der Waals surface area contributed by atoms with Gasteiger partial charge < -0.3 is 15.0 Å². The molecule has 0 radical (unpaired) electrons. The molecule has 0 spiro atoms. The summed E-state index contributed by atoms with van der Waals surface area (Å²) in [7, 11) is 0. The van der Waals surface area contributed by atoms with Crippen LogP contribution >= 0.6 is 0 Å². The van der Waals surface area contributed by atoms with E-state index < -0.39 is 6.10 Å². The van der Waals surface area contributed by atoms with Crippen LogP contribution in [0.5, 0.6) is 5.75 Å². The molecule has 4 nitrogen and oxygen atoms in total. The summed E-state index contributed by atoms with van der Waals surface area (Å²) in [6.07, 6.45) is 1.20. The number of nitrogens with zero attached hydrogens (tertiary/aromatic N) is 1. The van der Waals surface area contributed by atoms with Crippen LogP contribution in [0.2, 0.25) is 0 Å². The predicted octanol–water partition coefficient (Wildman–Crippen LogP) is 3.31. The lowest BCUT2D eigenvalue weighted by Crippen LogP contribution is -2.39. The zero-order chi connectivity index (χ0) is 17.2. The fourth-order valence-electron chi connectivity index (χ4n) is 2.57. The smallest absolute Gasteiger partial charge is 0.261 e. The lowest BCUT2D eigenvalue weighted by atomic mass is 10.1. The number of amides is 1. The van der Waals surface area contributed by atoms with Crippen LogP contribution < -0.4 is 10.1 Å². The van der Waals surface area contributed by atoms with Crippen molar-refractivity contribution in [3.8, 4) is 5.75 Å². The third-order valence-electron chi connectivity index (χ3n) is 4.11. The van der Waals surface area contributed by atoms with E-state index in [1.807, 2.05) is 26.0 Å².